The van der Waals surface area contributed by atoms with E-state index in [4.69, 9.17) is 5.11 Å². The summed E-state index contributed by atoms with van der Waals surface area (Å²) in [6.45, 7) is 7.22. The van der Waals surface area contributed by atoms with E-state index in [9.17, 15) is 9.59 Å². The van der Waals surface area contributed by atoms with Gasteiger partial charge in [-0.15, -0.1) is 0 Å². The third kappa shape index (κ3) is 3.00. The Kier molecular flexibility index (Phi) is 3.84. The molecule has 2 rings (SSSR count). The van der Waals surface area contributed by atoms with E-state index in [0.717, 1.165) is 0 Å². The maximum Gasteiger partial charge on any atom is 0.308 e. The summed E-state index contributed by atoms with van der Waals surface area (Å²) in [5, 5.41) is 8.97. The number of likely N-dealkylation sites (tertiary alicyclic amines) is 1. The fraction of sp³-hybridized carbons (Fsp3) is 0.500. The van der Waals surface area contributed by atoms with Crippen molar-refractivity contribution in [2.45, 2.75) is 32.6 Å². The molecular weight excluding hydrogens is 254 g/mol. The molecule has 1 aromatic rings. The first-order chi connectivity index (χ1) is 9.29. The molecule has 4 heteroatoms. The molecule has 1 unspecified atom stereocenters. The lowest BCUT2D eigenvalue weighted by atomic mass is 9.86. The van der Waals surface area contributed by atoms with Gasteiger partial charge in [-0.2, -0.15) is 0 Å². The highest BCUT2D eigenvalue weighted by atomic mass is 16.4. The van der Waals surface area contributed by atoms with Gasteiger partial charge in [0.15, 0.2) is 0 Å². The second kappa shape index (κ2) is 5.27. The van der Waals surface area contributed by atoms with Crippen LogP contribution in [0.4, 0.5) is 0 Å². The maximum absolute atomic E-state index is 12.3. The maximum atomic E-state index is 12.3. The third-order valence-corrected chi connectivity index (χ3v) is 3.82. The van der Waals surface area contributed by atoms with Gasteiger partial charge in [-0.1, -0.05) is 32.9 Å². The van der Waals surface area contributed by atoms with Crippen molar-refractivity contribution in [1.29, 1.82) is 0 Å². The normalized spacial score (nSPS) is 19.1. The number of hydrogen-bond donors (Lipinski definition) is 1. The van der Waals surface area contributed by atoms with Crippen LogP contribution in [-0.4, -0.2) is 35.0 Å². The van der Waals surface area contributed by atoms with E-state index in [2.05, 4.69) is 20.8 Å². The summed E-state index contributed by atoms with van der Waals surface area (Å²) in [5.41, 5.74) is 1.87. The lowest BCUT2D eigenvalue weighted by Gasteiger charge is -2.20. The van der Waals surface area contributed by atoms with Crippen LogP contribution in [0.5, 0.6) is 0 Å². The predicted molar refractivity (Wildman–Crippen MR) is 76.8 cm³/mol. The van der Waals surface area contributed by atoms with E-state index in [1.54, 1.807) is 4.90 Å². The van der Waals surface area contributed by atoms with Crippen molar-refractivity contribution in [2.24, 2.45) is 5.92 Å². The summed E-state index contributed by atoms with van der Waals surface area (Å²) in [5.74, 6) is -1.31. The molecular formula is C16H21NO3. The van der Waals surface area contributed by atoms with Crippen LogP contribution in [0.1, 0.15) is 43.1 Å². The second-order valence-electron chi connectivity index (χ2n) is 6.40. The van der Waals surface area contributed by atoms with Gasteiger partial charge in [0.25, 0.3) is 5.91 Å². The van der Waals surface area contributed by atoms with Crippen molar-refractivity contribution in [1.82, 2.24) is 4.90 Å². The first-order valence-corrected chi connectivity index (χ1v) is 6.91. The van der Waals surface area contributed by atoms with E-state index < -0.39 is 11.9 Å². The Morgan fingerprint density at radius 2 is 1.80 bits per heavy atom. The fourth-order valence-electron chi connectivity index (χ4n) is 2.44. The summed E-state index contributed by atoms with van der Waals surface area (Å²) in [6, 6.07) is 7.60. The zero-order valence-electron chi connectivity index (χ0n) is 12.2. The number of hydrogen-bond acceptors (Lipinski definition) is 2. The Morgan fingerprint density at radius 3 is 2.25 bits per heavy atom. The summed E-state index contributed by atoms with van der Waals surface area (Å²) < 4.78 is 0. The first kappa shape index (κ1) is 14.6. The van der Waals surface area contributed by atoms with Gasteiger partial charge < -0.3 is 10.0 Å². The van der Waals surface area contributed by atoms with E-state index >= 15 is 0 Å². The third-order valence-electron chi connectivity index (χ3n) is 3.82. The van der Waals surface area contributed by atoms with Crippen molar-refractivity contribution >= 4 is 11.9 Å². The molecule has 0 bridgehead atoms. The van der Waals surface area contributed by atoms with Crippen molar-refractivity contribution in [3.63, 3.8) is 0 Å². The van der Waals surface area contributed by atoms with Crippen molar-refractivity contribution in [2.75, 3.05) is 13.1 Å². The molecule has 1 atom stereocenters. The lowest BCUT2D eigenvalue weighted by Crippen LogP contribution is -2.30. The molecule has 1 aliphatic heterocycles. The number of aliphatic carboxylic acids is 1. The van der Waals surface area contributed by atoms with Gasteiger partial charge >= 0.3 is 5.97 Å². The first-order valence-electron chi connectivity index (χ1n) is 6.91. The Bertz CT molecular complexity index is 514. The standard InChI is InChI=1S/C16H21NO3/c1-16(2,3)13-6-4-11(5-7-13)14(18)17-9-8-12(10-17)15(19)20/h4-7,12H,8-10H2,1-3H3,(H,19,20). The van der Waals surface area contributed by atoms with Crippen molar-refractivity contribution in [3.05, 3.63) is 35.4 Å². The summed E-state index contributed by atoms with van der Waals surface area (Å²) in [4.78, 5) is 24.9. The minimum atomic E-state index is -0.816. The van der Waals surface area contributed by atoms with Crippen LogP contribution >= 0.6 is 0 Å². The number of rotatable bonds is 2. The van der Waals surface area contributed by atoms with Gasteiger partial charge in [-0.3, -0.25) is 9.59 Å². The topological polar surface area (TPSA) is 57.6 Å². The number of carboxylic acid groups (broad SMARTS) is 1. The number of carbonyl (C=O) groups is 2. The highest BCUT2D eigenvalue weighted by Gasteiger charge is 2.31. The Morgan fingerprint density at radius 1 is 1.20 bits per heavy atom. The highest BCUT2D eigenvalue weighted by Crippen LogP contribution is 2.24. The largest absolute Gasteiger partial charge is 0.481 e. The SMILES string of the molecule is CC(C)(C)c1ccc(C(=O)N2CCC(C(=O)O)C2)cc1. The average Bonchev–Trinajstić information content (AvgIpc) is 2.86. The van der Waals surface area contributed by atoms with Crippen LogP contribution in [0.15, 0.2) is 24.3 Å². The molecule has 1 fully saturated rings. The second-order valence-corrected chi connectivity index (χ2v) is 6.40. The predicted octanol–water partition coefficient (Wildman–Crippen LogP) is 2.53. The zero-order chi connectivity index (χ0) is 14.9. The summed E-state index contributed by atoms with van der Waals surface area (Å²) >= 11 is 0. The average molecular weight is 275 g/mol. The van der Waals surface area contributed by atoms with E-state index in [0.29, 0.717) is 25.1 Å². The highest BCUT2D eigenvalue weighted by molar-refractivity contribution is 5.94. The molecule has 20 heavy (non-hydrogen) atoms. The zero-order valence-corrected chi connectivity index (χ0v) is 12.2. The van der Waals surface area contributed by atoms with Gasteiger partial charge in [-0.25, -0.2) is 0 Å². The molecule has 1 amide bonds. The van der Waals surface area contributed by atoms with Crippen LogP contribution in [0.2, 0.25) is 0 Å². The van der Waals surface area contributed by atoms with Crippen LogP contribution in [0.25, 0.3) is 0 Å². The molecule has 0 saturated carbocycles. The Labute approximate surface area is 119 Å². The van der Waals surface area contributed by atoms with Gasteiger partial charge in [-0.05, 0) is 29.5 Å². The van der Waals surface area contributed by atoms with Crippen LogP contribution < -0.4 is 0 Å². The molecule has 4 nitrogen and oxygen atoms in total. The Balaban J connectivity index is 2.09. The van der Waals surface area contributed by atoms with Crippen LogP contribution in [0, 0.1) is 5.92 Å². The number of carbonyl (C=O) groups excluding carboxylic acids is 1. The minimum absolute atomic E-state index is 0.0592. The quantitative estimate of drug-likeness (QED) is 0.902. The monoisotopic (exact) mass is 275 g/mol. The van der Waals surface area contributed by atoms with Gasteiger partial charge in [0.1, 0.15) is 0 Å². The van der Waals surface area contributed by atoms with Crippen molar-refractivity contribution in [3.8, 4) is 0 Å². The molecule has 1 heterocycles. The van der Waals surface area contributed by atoms with Crippen LogP contribution in [-0.2, 0) is 10.2 Å². The number of nitrogens with zero attached hydrogens (tertiary/aromatic N) is 1. The molecule has 108 valence electrons. The molecule has 0 spiro atoms. The number of benzene rings is 1. The molecule has 1 saturated heterocycles. The fourth-order valence-corrected chi connectivity index (χ4v) is 2.44. The van der Waals surface area contributed by atoms with E-state index in [1.165, 1.54) is 5.56 Å². The molecule has 1 aromatic carbocycles. The van der Waals surface area contributed by atoms with Crippen molar-refractivity contribution < 1.29 is 14.7 Å². The van der Waals surface area contributed by atoms with Gasteiger partial charge in [0.2, 0.25) is 0 Å². The molecule has 1 N–H and O–H groups in total. The van der Waals surface area contributed by atoms with Crippen LogP contribution in [0.3, 0.4) is 0 Å². The summed E-state index contributed by atoms with van der Waals surface area (Å²) in [6.07, 6.45) is 0.543. The van der Waals surface area contributed by atoms with Gasteiger partial charge in [0, 0.05) is 18.7 Å². The molecule has 0 radical (unpaired) electrons. The summed E-state index contributed by atoms with van der Waals surface area (Å²) in [7, 11) is 0. The van der Waals surface area contributed by atoms with E-state index in [-0.39, 0.29) is 11.3 Å². The van der Waals surface area contributed by atoms with E-state index in [1.807, 2.05) is 24.3 Å². The minimum Gasteiger partial charge on any atom is -0.481 e. The van der Waals surface area contributed by atoms with Gasteiger partial charge in [0.05, 0.1) is 5.92 Å². The smallest absolute Gasteiger partial charge is 0.308 e. The molecule has 0 aromatic heterocycles. The number of amides is 1. The molecule has 0 aliphatic carbocycles. The number of carboxylic acids is 1. The Hall–Kier alpha value is -1.84. The molecule has 1 aliphatic rings. The lowest BCUT2D eigenvalue weighted by molar-refractivity contribution is -0.141.